The molecule has 0 aromatic carbocycles. The van der Waals surface area contributed by atoms with Gasteiger partial charge < -0.3 is 18.9 Å². The maximum Gasteiger partial charge on any atom is 0.306 e. The molecule has 0 aliphatic carbocycles. The van der Waals surface area contributed by atoms with E-state index in [4.69, 9.17) is 18.9 Å². The van der Waals surface area contributed by atoms with Crippen LogP contribution in [-0.2, 0) is 38.1 Å². The number of rotatable bonds is 53. The topological polar surface area (TPSA) is 105 Å². The molecule has 0 spiro atoms. The molecule has 390 valence electrons. The minimum Gasteiger partial charge on any atom is -0.462 e. The lowest BCUT2D eigenvalue weighted by molar-refractivity contribution is -0.152. The van der Waals surface area contributed by atoms with Crippen LogP contribution in [0.1, 0.15) is 323 Å². The van der Waals surface area contributed by atoms with Crippen molar-refractivity contribution in [2.75, 3.05) is 13.2 Å². The van der Waals surface area contributed by atoms with Gasteiger partial charge in [-0.1, -0.05) is 220 Å². The highest BCUT2D eigenvalue weighted by atomic mass is 16.6. The predicted octanol–water partition coefficient (Wildman–Crippen LogP) is 17.9. The highest BCUT2D eigenvalue weighted by Crippen LogP contribution is 2.21. The van der Waals surface area contributed by atoms with Gasteiger partial charge in [0.15, 0.2) is 0 Å². The highest BCUT2D eigenvalue weighted by molar-refractivity contribution is 5.70. The molecule has 0 aromatic rings. The summed E-state index contributed by atoms with van der Waals surface area (Å²) in [5, 5.41) is 0. The van der Waals surface area contributed by atoms with Gasteiger partial charge in [-0.15, -0.1) is 0 Å². The summed E-state index contributed by atoms with van der Waals surface area (Å²) in [5.41, 5.74) is 0. The van der Waals surface area contributed by atoms with Gasteiger partial charge in [0.05, 0.1) is 0 Å². The van der Waals surface area contributed by atoms with E-state index in [1.165, 1.54) is 141 Å². The van der Waals surface area contributed by atoms with Gasteiger partial charge in [0, 0.05) is 25.7 Å². The predicted molar refractivity (Wildman–Crippen MR) is 277 cm³/mol. The number of hydrogen-bond donors (Lipinski definition) is 0. The second kappa shape index (κ2) is 52.3. The molecule has 66 heavy (non-hydrogen) atoms. The SMILES string of the molecule is CCCCCCCCCC(=O)OC(CCCCCCCCC)CCCCCCCC(=O)OCCOC(=O)CCCCCCCC(CCCCCCCCC)OC(=O)CCCCCCCCC. The summed E-state index contributed by atoms with van der Waals surface area (Å²) in [6.07, 6.45) is 50.1. The zero-order chi connectivity index (χ0) is 48.2. The second-order valence-corrected chi connectivity index (χ2v) is 19.8. The van der Waals surface area contributed by atoms with Crippen molar-refractivity contribution in [2.45, 2.75) is 335 Å². The van der Waals surface area contributed by atoms with Crippen LogP contribution in [-0.4, -0.2) is 49.3 Å². The highest BCUT2D eigenvalue weighted by Gasteiger charge is 2.16. The van der Waals surface area contributed by atoms with Gasteiger partial charge in [0.2, 0.25) is 0 Å². The average molecular weight is 936 g/mol. The van der Waals surface area contributed by atoms with E-state index in [1.54, 1.807) is 0 Å². The van der Waals surface area contributed by atoms with Crippen molar-refractivity contribution in [1.82, 2.24) is 0 Å². The third kappa shape index (κ3) is 48.3. The summed E-state index contributed by atoms with van der Waals surface area (Å²) in [6, 6.07) is 0. The second-order valence-electron chi connectivity index (χ2n) is 19.8. The van der Waals surface area contributed by atoms with Crippen LogP contribution in [0.5, 0.6) is 0 Å². The van der Waals surface area contributed by atoms with Crippen LogP contribution in [0.3, 0.4) is 0 Å². The Morgan fingerprint density at radius 1 is 0.258 bits per heavy atom. The van der Waals surface area contributed by atoms with Crippen molar-refractivity contribution in [3.8, 4) is 0 Å². The Morgan fingerprint density at radius 3 is 0.697 bits per heavy atom. The van der Waals surface area contributed by atoms with Crippen LogP contribution in [0.2, 0.25) is 0 Å². The monoisotopic (exact) mass is 935 g/mol. The molecule has 0 aromatic heterocycles. The molecule has 2 unspecified atom stereocenters. The third-order valence-electron chi connectivity index (χ3n) is 13.2. The zero-order valence-corrected chi connectivity index (χ0v) is 44.4. The summed E-state index contributed by atoms with van der Waals surface area (Å²) >= 11 is 0. The standard InChI is InChI=1S/C58H110O8/c1-5-9-13-17-21-27-35-43-53(65-57(61)49-41-31-23-19-15-11-7-3)45-37-29-25-33-39-47-55(59)63-51-52-64-56(60)48-40-34-26-30-38-46-54(44-36-28-22-18-14-10-6-2)66-58(62)50-42-32-24-20-16-12-8-4/h53-54H,5-52H2,1-4H3. The summed E-state index contributed by atoms with van der Waals surface area (Å²) < 4.78 is 22.7. The minimum absolute atomic E-state index is 0.0180. The van der Waals surface area contributed by atoms with E-state index in [1.807, 2.05) is 0 Å². The first-order valence-electron chi connectivity index (χ1n) is 29.1. The van der Waals surface area contributed by atoms with Crippen molar-refractivity contribution >= 4 is 23.9 Å². The van der Waals surface area contributed by atoms with E-state index in [0.29, 0.717) is 25.7 Å². The molecule has 0 aliphatic rings. The molecule has 2 atom stereocenters. The van der Waals surface area contributed by atoms with E-state index in [2.05, 4.69) is 27.7 Å². The molecule has 0 aliphatic heterocycles. The fraction of sp³-hybridized carbons (Fsp3) is 0.931. The molecule has 0 bridgehead atoms. The Balaban J connectivity index is 4.17. The smallest absolute Gasteiger partial charge is 0.306 e. The Bertz CT molecular complexity index is 980. The zero-order valence-electron chi connectivity index (χ0n) is 44.4. The van der Waals surface area contributed by atoms with Crippen LogP contribution in [0.25, 0.3) is 0 Å². The molecule has 0 fully saturated rings. The van der Waals surface area contributed by atoms with Gasteiger partial charge >= 0.3 is 23.9 Å². The van der Waals surface area contributed by atoms with Crippen molar-refractivity contribution < 1.29 is 38.1 Å². The van der Waals surface area contributed by atoms with Crippen LogP contribution in [0.4, 0.5) is 0 Å². The molecule has 0 amide bonds. The fourth-order valence-corrected chi connectivity index (χ4v) is 8.92. The number of carbonyl (C=O) groups excluding carboxylic acids is 4. The molecule has 0 rings (SSSR count). The Morgan fingerprint density at radius 2 is 0.455 bits per heavy atom. The summed E-state index contributed by atoms with van der Waals surface area (Å²) in [5.74, 6) is -0.506. The van der Waals surface area contributed by atoms with Crippen LogP contribution in [0.15, 0.2) is 0 Å². The van der Waals surface area contributed by atoms with Crippen molar-refractivity contribution in [2.24, 2.45) is 0 Å². The average Bonchev–Trinajstić information content (AvgIpc) is 3.30. The first kappa shape index (κ1) is 63.9. The quantitative estimate of drug-likeness (QED) is 0.0337. The van der Waals surface area contributed by atoms with E-state index in [-0.39, 0.29) is 49.3 Å². The molecule has 0 N–H and O–H groups in total. The number of ether oxygens (including phenoxy) is 4. The van der Waals surface area contributed by atoms with Gasteiger partial charge in [-0.25, -0.2) is 0 Å². The van der Waals surface area contributed by atoms with Crippen molar-refractivity contribution in [1.29, 1.82) is 0 Å². The third-order valence-corrected chi connectivity index (χ3v) is 13.2. The van der Waals surface area contributed by atoms with Gasteiger partial charge in [-0.3, -0.25) is 19.2 Å². The van der Waals surface area contributed by atoms with E-state index in [9.17, 15) is 19.2 Å². The normalized spacial score (nSPS) is 12.2. The van der Waals surface area contributed by atoms with Crippen molar-refractivity contribution in [3.63, 3.8) is 0 Å². The van der Waals surface area contributed by atoms with E-state index >= 15 is 0 Å². The van der Waals surface area contributed by atoms with Crippen LogP contribution in [0, 0.1) is 0 Å². The van der Waals surface area contributed by atoms with Crippen LogP contribution < -0.4 is 0 Å². The molecule has 8 nitrogen and oxygen atoms in total. The van der Waals surface area contributed by atoms with Gasteiger partial charge in [0.1, 0.15) is 25.4 Å². The summed E-state index contributed by atoms with van der Waals surface area (Å²) in [7, 11) is 0. The molecule has 0 saturated carbocycles. The van der Waals surface area contributed by atoms with E-state index in [0.717, 1.165) is 128 Å². The number of hydrogen-bond acceptors (Lipinski definition) is 8. The maximum atomic E-state index is 12.7. The number of esters is 4. The molecule has 0 saturated heterocycles. The van der Waals surface area contributed by atoms with Gasteiger partial charge in [-0.2, -0.15) is 0 Å². The lowest BCUT2D eigenvalue weighted by Crippen LogP contribution is -2.18. The van der Waals surface area contributed by atoms with Gasteiger partial charge in [0.25, 0.3) is 0 Å². The fourth-order valence-electron chi connectivity index (χ4n) is 8.92. The Labute approximate surface area is 409 Å². The number of carbonyl (C=O) groups is 4. The number of unbranched alkanes of at least 4 members (excludes halogenated alkanes) is 32. The Kier molecular flexibility index (Phi) is 50.6. The maximum absolute atomic E-state index is 12.7. The van der Waals surface area contributed by atoms with Crippen LogP contribution >= 0.6 is 0 Å². The summed E-state index contributed by atoms with van der Waals surface area (Å²) in [6.45, 7) is 9.19. The van der Waals surface area contributed by atoms with E-state index < -0.39 is 0 Å². The van der Waals surface area contributed by atoms with Crippen molar-refractivity contribution in [3.05, 3.63) is 0 Å². The molecular weight excluding hydrogens is 825 g/mol. The molecule has 0 heterocycles. The molecular formula is C58H110O8. The Hall–Kier alpha value is -2.12. The first-order chi connectivity index (χ1) is 32.4. The van der Waals surface area contributed by atoms with Gasteiger partial charge in [-0.05, 0) is 77.0 Å². The molecule has 8 heteroatoms. The summed E-state index contributed by atoms with van der Waals surface area (Å²) in [4.78, 5) is 49.9. The minimum atomic E-state index is -0.235. The lowest BCUT2D eigenvalue weighted by atomic mass is 10.0. The largest absolute Gasteiger partial charge is 0.462 e. The first-order valence-corrected chi connectivity index (χ1v) is 29.1. The lowest BCUT2D eigenvalue weighted by Gasteiger charge is -2.18. The molecule has 0 radical (unpaired) electrons.